The fourth-order valence-corrected chi connectivity index (χ4v) is 4.64. The van der Waals surface area contributed by atoms with Crippen LogP contribution < -0.4 is 15.0 Å². The number of anilines is 1. The number of fused-ring (bicyclic) bond motifs is 1. The van der Waals surface area contributed by atoms with E-state index in [4.69, 9.17) is 17.0 Å². The average Bonchev–Trinajstić information content (AvgIpc) is 3.06. The van der Waals surface area contributed by atoms with E-state index >= 15 is 0 Å². The van der Waals surface area contributed by atoms with Crippen molar-refractivity contribution >= 4 is 58.0 Å². The molecule has 0 radical (unpaired) electrons. The standard InChI is InChI=1S/C25H24N2O3S2/c1-5-15-8-17(10-18(9-15)25(2,3)4)13-27-19-11-16(6-7-20(19)30-14-22(27)28)12-21-23(29)26-24(31)32-21/h5-12H,1,13-14H2,2-4H3,(H,26,29,31)/b21-12+. The quantitative estimate of drug-likeness (QED) is 0.507. The highest BCUT2D eigenvalue weighted by Crippen LogP contribution is 2.36. The van der Waals surface area contributed by atoms with E-state index in [0.29, 0.717) is 27.2 Å². The van der Waals surface area contributed by atoms with Gasteiger partial charge in [-0.15, -0.1) is 0 Å². The predicted octanol–water partition coefficient (Wildman–Crippen LogP) is 5.04. The molecular weight excluding hydrogens is 440 g/mol. The Kier molecular flexibility index (Phi) is 5.97. The summed E-state index contributed by atoms with van der Waals surface area (Å²) in [5, 5.41) is 2.62. The summed E-state index contributed by atoms with van der Waals surface area (Å²) in [6.45, 7) is 10.8. The molecule has 0 aromatic heterocycles. The van der Waals surface area contributed by atoms with Crippen molar-refractivity contribution in [1.82, 2.24) is 5.32 Å². The van der Waals surface area contributed by atoms with Gasteiger partial charge in [0, 0.05) is 0 Å². The summed E-state index contributed by atoms with van der Waals surface area (Å²) in [4.78, 5) is 27.1. The molecule has 5 nitrogen and oxygen atoms in total. The molecule has 0 atom stereocenters. The zero-order valence-corrected chi connectivity index (χ0v) is 19.9. The highest BCUT2D eigenvalue weighted by Gasteiger charge is 2.27. The number of thiocarbonyl (C=S) groups is 1. The van der Waals surface area contributed by atoms with E-state index in [-0.39, 0.29) is 23.8 Å². The van der Waals surface area contributed by atoms with Crippen molar-refractivity contribution in [3.8, 4) is 5.75 Å². The molecule has 2 heterocycles. The van der Waals surface area contributed by atoms with Crippen molar-refractivity contribution in [2.24, 2.45) is 0 Å². The number of rotatable bonds is 4. The third kappa shape index (κ3) is 4.64. The molecule has 0 unspecified atom stereocenters. The van der Waals surface area contributed by atoms with Crippen LogP contribution in [0.2, 0.25) is 0 Å². The van der Waals surface area contributed by atoms with Gasteiger partial charge in [-0.2, -0.15) is 0 Å². The Hall–Kier alpha value is -2.90. The maximum Gasteiger partial charge on any atom is 0.265 e. The van der Waals surface area contributed by atoms with E-state index < -0.39 is 0 Å². The fourth-order valence-electron chi connectivity index (χ4n) is 3.60. The second-order valence-electron chi connectivity index (χ2n) is 8.77. The third-order valence-electron chi connectivity index (χ3n) is 5.32. The van der Waals surface area contributed by atoms with E-state index in [1.54, 1.807) is 11.0 Å². The first-order valence-electron chi connectivity index (χ1n) is 10.2. The van der Waals surface area contributed by atoms with Gasteiger partial charge < -0.3 is 15.0 Å². The minimum Gasteiger partial charge on any atom is -0.482 e. The number of nitrogens with one attached hydrogen (secondary N) is 1. The smallest absolute Gasteiger partial charge is 0.265 e. The zero-order chi connectivity index (χ0) is 23.0. The highest BCUT2D eigenvalue weighted by molar-refractivity contribution is 8.26. The van der Waals surface area contributed by atoms with Crippen LogP contribution in [-0.2, 0) is 21.5 Å². The van der Waals surface area contributed by atoms with Gasteiger partial charge >= 0.3 is 0 Å². The molecule has 2 aliphatic rings. The highest BCUT2D eigenvalue weighted by atomic mass is 32.2. The number of benzene rings is 2. The first-order valence-corrected chi connectivity index (χ1v) is 11.5. The summed E-state index contributed by atoms with van der Waals surface area (Å²) >= 11 is 6.29. The molecule has 0 spiro atoms. The summed E-state index contributed by atoms with van der Waals surface area (Å²) in [6, 6.07) is 11.9. The van der Waals surface area contributed by atoms with Crippen molar-refractivity contribution < 1.29 is 14.3 Å². The largest absolute Gasteiger partial charge is 0.482 e. The van der Waals surface area contributed by atoms with Gasteiger partial charge in [0.1, 0.15) is 10.1 Å². The Morgan fingerprint density at radius 1 is 1.19 bits per heavy atom. The maximum atomic E-state index is 12.8. The summed E-state index contributed by atoms with van der Waals surface area (Å²) in [7, 11) is 0. The molecule has 1 N–H and O–H groups in total. The van der Waals surface area contributed by atoms with E-state index in [0.717, 1.165) is 16.7 Å². The maximum absolute atomic E-state index is 12.8. The van der Waals surface area contributed by atoms with Gasteiger partial charge in [0.05, 0.1) is 17.1 Å². The Morgan fingerprint density at radius 3 is 2.62 bits per heavy atom. The molecule has 4 rings (SSSR count). The predicted molar refractivity (Wildman–Crippen MR) is 135 cm³/mol. The van der Waals surface area contributed by atoms with Gasteiger partial charge in [-0.05, 0) is 51.9 Å². The molecule has 2 aromatic rings. The molecule has 0 bridgehead atoms. The van der Waals surface area contributed by atoms with Crippen LogP contribution in [0.1, 0.15) is 43.0 Å². The lowest BCUT2D eigenvalue weighted by Crippen LogP contribution is -2.38. The normalized spacial score (nSPS) is 17.3. The molecule has 1 saturated heterocycles. The Bertz CT molecular complexity index is 1180. The fraction of sp³-hybridized carbons (Fsp3) is 0.240. The third-order valence-corrected chi connectivity index (χ3v) is 6.49. The van der Waals surface area contributed by atoms with Gasteiger partial charge in [0.2, 0.25) is 0 Å². The van der Waals surface area contributed by atoms with Crippen LogP contribution in [0.5, 0.6) is 5.75 Å². The lowest BCUT2D eigenvalue weighted by Gasteiger charge is -2.30. The summed E-state index contributed by atoms with van der Waals surface area (Å²) < 4.78 is 6.10. The molecule has 7 heteroatoms. The minimum atomic E-state index is -0.210. The number of carbonyl (C=O) groups is 2. The molecule has 0 aliphatic carbocycles. The Morgan fingerprint density at radius 2 is 1.97 bits per heavy atom. The van der Waals surface area contributed by atoms with Crippen molar-refractivity contribution in [1.29, 1.82) is 0 Å². The first-order chi connectivity index (χ1) is 15.1. The molecule has 2 aromatic carbocycles. The summed E-state index contributed by atoms with van der Waals surface area (Å²) in [5.41, 5.74) is 4.68. The molecule has 2 aliphatic heterocycles. The lowest BCUT2D eigenvalue weighted by atomic mass is 9.85. The van der Waals surface area contributed by atoms with Crippen molar-refractivity contribution in [2.75, 3.05) is 11.5 Å². The van der Waals surface area contributed by atoms with Gasteiger partial charge in [-0.25, -0.2) is 0 Å². The van der Waals surface area contributed by atoms with Crippen LogP contribution in [0, 0.1) is 0 Å². The number of amides is 2. The van der Waals surface area contributed by atoms with Crippen LogP contribution in [0.4, 0.5) is 5.69 Å². The minimum absolute atomic E-state index is 0.00671. The molecular formula is C25H24N2O3S2. The van der Waals surface area contributed by atoms with Crippen molar-refractivity contribution in [2.45, 2.75) is 32.7 Å². The van der Waals surface area contributed by atoms with E-state index in [1.165, 1.54) is 17.3 Å². The molecule has 164 valence electrons. The first kappa shape index (κ1) is 22.3. The van der Waals surface area contributed by atoms with Crippen LogP contribution in [0.15, 0.2) is 47.9 Å². The number of hydrogen-bond acceptors (Lipinski definition) is 5. The second kappa shape index (κ2) is 8.56. The topological polar surface area (TPSA) is 58.6 Å². The molecule has 1 fully saturated rings. The van der Waals surface area contributed by atoms with E-state index in [9.17, 15) is 9.59 Å². The Labute approximate surface area is 197 Å². The number of hydrogen-bond donors (Lipinski definition) is 1. The van der Waals surface area contributed by atoms with Crippen molar-refractivity contribution in [3.05, 3.63) is 70.1 Å². The lowest BCUT2D eigenvalue weighted by molar-refractivity contribution is -0.121. The van der Waals surface area contributed by atoms with Crippen LogP contribution in [0.3, 0.4) is 0 Å². The zero-order valence-electron chi connectivity index (χ0n) is 18.2. The van der Waals surface area contributed by atoms with Crippen LogP contribution in [-0.4, -0.2) is 22.7 Å². The Balaban J connectivity index is 1.71. The SMILES string of the molecule is C=Cc1cc(CN2C(=O)COc3ccc(/C=C4/SC(=S)NC4=O)cc32)cc(C(C)(C)C)c1. The number of thioether (sulfide) groups is 1. The van der Waals surface area contributed by atoms with Crippen LogP contribution >= 0.6 is 24.0 Å². The summed E-state index contributed by atoms with van der Waals surface area (Å²) in [5.74, 6) is 0.317. The van der Waals surface area contributed by atoms with Gasteiger partial charge in [0.15, 0.2) is 6.61 Å². The number of nitrogens with zero attached hydrogens (tertiary/aromatic N) is 1. The number of ether oxygens (including phenoxy) is 1. The van der Waals surface area contributed by atoms with Crippen LogP contribution in [0.25, 0.3) is 12.2 Å². The molecule has 32 heavy (non-hydrogen) atoms. The summed E-state index contributed by atoms with van der Waals surface area (Å²) in [6.07, 6.45) is 3.60. The van der Waals surface area contributed by atoms with E-state index in [1.807, 2.05) is 24.3 Å². The van der Waals surface area contributed by atoms with Crippen molar-refractivity contribution in [3.63, 3.8) is 0 Å². The number of carbonyl (C=O) groups excluding carboxylic acids is 2. The van der Waals surface area contributed by atoms with E-state index in [2.05, 4.69) is 50.9 Å². The van der Waals surface area contributed by atoms with Gasteiger partial charge in [-0.3, -0.25) is 9.59 Å². The molecule has 0 saturated carbocycles. The average molecular weight is 465 g/mol. The molecule has 2 amide bonds. The second-order valence-corrected chi connectivity index (χ2v) is 10.5. The monoisotopic (exact) mass is 464 g/mol. The van der Waals surface area contributed by atoms with Gasteiger partial charge in [-0.1, -0.05) is 75.6 Å². The van der Waals surface area contributed by atoms with Gasteiger partial charge in [0.25, 0.3) is 11.8 Å².